The Hall–Kier alpha value is -2.96. The van der Waals surface area contributed by atoms with E-state index in [0.717, 1.165) is 5.56 Å². The highest BCUT2D eigenvalue weighted by molar-refractivity contribution is 6.03. The Kier molecular flexibility index (Phi) is 5.02. The fourth-order valence-electron chi connectivity index (χ4n) is 1.81. The van der Waals surface area contributed by atoms with Crippen molar-refractivity contribution in [2.24, 2.45) is 0 Å². The van der Waals surface area contributed by atoms with Gasteiger partial charge in [-0.15, -0.1) is 0 Å². The van der Waals surface area contributed by atoms with Crippen LogP contribution in [0.15, 0.2) is 41.5 Å². The summed E-state index contributed by atoms with van der Waals surface area (Å²) >= 11 is 0. The van der Waals surface area contributed by atoms with Crippen LogP contribution in [-0.4, -0.2) is 21.8 Å². The monoisotopic (exact) mass is 300 g/mol. The van der Waals surface area contributed by atoms with E-state index in [4.69, 9.17) is 0 Å². The average Bonchev–Trinajstić information content (AvgIpc) is 2.47. The molecule has 0 aliphatic heterocycles. The summed E-state index contributed by atoms with van der Waals surface area (Å²) in [5.41, 5.74) is 1.73. The Bertz CT molecular complexity index is 739. The number of nitrogens with zero attached hydrogens (tertiary/aromatic N) is 1. The van der Waals surface area contributed by atoms with Crippen LogP contribution in [-0.2, 0) is 16.1 Å². The number of aromatic amines is 1. The first-order valence-corrected chi connectivity index (χ1v) is 6.70. The second-order valence-corrected chi connectivity index (χ2v) is 4.72. The molecule has 0 saturated heterocycles. The van der Waals surface area contributed by atoms with E-state index in [1.165, 1.54) is 12.4 Å². The molecule has 2 aromatic rings. The van der Waals surface area contributed by atoms with E-state index >= 15 is 0 Å². The first kappa shape index (κ1) is 15.4. The average molecular weight is 300 g/mol. The van der Waals surface area contributed by atoms with Crippen LogP contribution in [0.25, 0.3) is 0 Å². The molecule has 0 unspecified atom stereocenters. The van der Waals surface area contributed by atoms with E-state index < -0.39 is 11.8 Å². The molecule has 22 heavy (non-hydrogen) atoms. The highest BCUT2D eigenvalue weighted by Gasteiger charge is 2.10. The highest BCUT2D eigenvalue weighted by Crippen LogP contribution is 2.13. The normalized spacial score (nSPS) is 10.0. The lowest BCUT2D eigenvalue weighted by atomic mass is 10.2. The van der Waals surface area contributed by atoms with Crippen molar-refractivity contribution in [3.8, 4) is 0 Å². The third-order valence-corrected chi connectivity index (χ3v) is 2.94. The maximum Gasteiger partial charge on any atom is 0.250 e. The van der Waals surface area contributed by atoms with Gasteiger partial charge in [-0.05, 0) is 18.6 Å². The van der Waals surface area contributed by atoms with Crippen molar-refractivity contribution in [2.45, 2.75) is 19.9 Å². The first-order chi connectivity index (χ1) is 10.5. The number of hydrogen-bond acceptors (Lipinski definition) is 4. The smallest absolute Gasteiger partial charge is 0.250 e. The zero-order valence-corrected chi connectivity index (χ0v) is 12.1. The maximum absolute atomic E-state index is 11.8. The molecule has 2 amide bonds. The van der Waals surface area contributed by atoms with E-state index in [1.54, 1.807) is 12.1 Å². The van der Waals surface area contributed by atoms with Gasteiger partial charge in [0.2, 0.25) is 11.8 Å². The summed E-state index contributed by atoms with van der Waals surface area (Å²) in [6, 6.07) is 8.60. The van der Waals surface area contributed by atoms with Gasteiger partial charge in [-0.1, -0.05) is 18.2 Å². The van der Waals surface area contributed by atoms with Gasteiger partial charge in [0, 0.05) is 11.8 Å². The Morgan fingerprint density at radius 1 is 1.23 bits per heavy atom. The van der Waals surface area contributed by atoms with Gasteiger partial charge in [-0.3, -0.25) is 14.4 Å². The lowest BCUT2D eigenvalue weighted by Crippen LogP contribution is -2.28. The van der Waals surface area contributed by atoms with Crippen molar-refractivity contribution in [2.75, 3.05) is 5.32 Å². The van der Waals surface area contributed by atoms with Gasteiger partial charge in [-0.2, -0.15) is 0 Å². The minimum atomic E-state index is -0.437. The van der Waals surface area contributed by atoms with Crippen LogP contribution < -0.4 is 16.2 Å². The molecule has 114 valence electrons. The molecule has 2 rings (SSSR count). The van der Waals surface area contributed by atoms with E-state index in [2.05, 4.69) is 20.6 Å². The predicted octanol–water partition coefficient (Wildman–Crippen LogP) is 0.723. The first-order valence-electron chi connectivity index (χ1n) is 6.70. The number of hydrogen-bond donors (Lipinski definition) is 3. The van der Waals surface area contributed by atoms with Gasteiger partial charge in [0.1, 0.15) is 6.42 Å². The number of para-hydroxylation sites is 1. The molecule has 0 atom stereocenters. The molecule has 1 heterocycles. The number of benzene rings is 1. The third kappa shape index (κ3) is 4.55. The highest BCUT2D eigenvalue weighted by atomic mass is 16.2. The number of nitrogens with one attached hydrogen (secondary N) is 3. The van der Waals surface area contributed by atoms with Crippen LogP contribution in [0.2, 0.25) is 0 Å². The van der Waals surface area contributed by atoms with Crippen LogP contribution in [0.4, 0.5) is 5.69 Å². The van der Waals surface area contributed by atoms with E-state index in [0.29, 0.717) is 11.4 Å². The minimum absolute atomic E-state index is 0.0976. The number of rotatable bonds is 5. The number of H-pyrrole nitrogens is 1. The molecule has 3 N–H and O–H groups in total. The summed E-state index contributed by atoms with van der Waals surface area (Å²) in [5.74, 6) is -0.834. The lowest BCUT2D eigenvalue weighted by molar-refractivity contribution is -0.126. The van der Waals surface area contributed by atoms with Crippen LogP contribution in [0.3, 0.4) is 0 Å². The number of aryl methyl sites for hydroxylation is 1. The molecule has 0 aliphatic rings. The van der Waals surface area contributed by atoms with Gasteiger partial charge in [0.05, 0.1) is 18.6 Å². The minimum Gasteiger partial charge on any atom is -0.350 e. The zero-order chi connectivity index (χ0) is 15.9. The van der Waals surface area contributed by atoms with Crippen molar-refractivity contribution in [3.63, 3.8) is 0 Å². The number of amides is 2. The summed E-state index contributed by atoms with van der Waals surface area (Å²) in [5, 5.41) is 5.22. The number of aromatic nitrogens is 2. The molecule has 0 radical (unpaired) electrons. The van der Waals surface area contributed by atoms with Gasteiger partial charge in [-0.25, -0.2) is 4.98 Å². The Labute approximate surface area is 126 Å². The van der Waals surface area contributed by atoms with Crippen LogP contribution >= 0.6 is 0 Å². The molecule has 0 fully saturated rings. The van der Waals surface area contributed by atoms with Crippen molar-refractivity contribution in [3.05, 3.63) is 58.3 Å². The fourth-order valence-corrected chi connectivity index (χ4v) is 1.81. The summed E-state index contributed by atoms with van der Waals surface area (Å²) in [4.78, 5) is 40.9. The number of carbonyl (C=O) groups is 2. The molecular formula is C15H16N4O3. The SMILES string of the molecule is Cc1ccccc1NC(=O)CC(=O)NCc1cc(=O)[nH]cn1. The van der Waals surface area contributed by atoms with Gasteiger partial charge in [0.15, 0.2) is 0 Å². The maximum atomic E-state index is 11.8. The largest absolute Gasteiger partial charge is 0.350 e. The van der Waals surface area contributed by atoms with Gasteiger partial charge >= 0.3 is 0 Å². The van der Waals surface area contributed by atoms with Crippen molar-refractivity contribution < 1.29 is 9.59 Å². The summed E-state index contributed by atoms with van der Waals surface area (Å²) in [6.07, 6.45) is 0.965. The Balaban J connectivity index is 1.83. The molecule has 0 saturated carbocycles. The zero-order valence-electron chi connectivity index (χ0n) is 12.1. The predicted molar refractivity (Wildman–Crippen MR) is 81.1 cm³/mol. The standard InChI is InChI=1S/C15H16N4O3/c1-10-4-2-3-5-12(10)19-15(22)7-14(21)16-8-11-6-13(20)18-9-17-11/h2-6,9H,7-8H2,1H3,(H,16,21)(H,19,22)(H,17,18,20). The molecule has 1 aromatic carbocycles. The van der Waals surface area contributed by atoms with Crippen molar-refractivity contribution >= 4 is 17.5 Å². The number of carbonyl (C=O) groups excluding carboxylic acids is 2. The Morgan fingerprint density at radius 3 is 2.73 bits per heavy atom. The van der Waals surface area contributed by atoms with Crippen LogP contribution in [0, 0.1) is 6.92 Å². The topological polar surface area (TPSA) is 104 Å². The van der Waals surface area contributed by atoms with E-state index in [1.807, 2.05) is 19.1 Å². The van der Waals surface area contributed by atoms with Gasteiger partial charge in [0.25, 0.3) is 5.56 Å². The van der Waals surface area contributed by atoms with E-state index in [-0.39, 0.29) is 18.5 Å². The molecule has 1 aromatic heterocycles. The van der Waals surface area contributed by atoms with Crippen LogP contribution in [0.1, 0.15) is 17.7 Å². The third-order valence-electron chi connectivity index (χ3n) is 2.94. The summed E-state index contributed by atoms with van der Waals surface area (Å²) in [7, 11) is 0. The molecular weight excluding hydrogens is 284 g/mol. The quantitative estimate of drug-likeness (QED) is 0.708. The van der Waals surface area contributed by atoms with Crippen LogP contribution in [0.5, 0.6) is 0 Å². The fraction of sp³-hybridized carbons (Fsp3) is 0.200. The second kappa shape index (κ2) is 7.16. The molecule has 0 bridgehead atoms. The van der Waals surface area contributed by atoms with Gasteiger partial charge < -0.3 is 15.6 Å². The molecule has 7 nitrogen and oxygen atoms in total. The summed E-state index contributed by atoms with van der Waals surface area (Å²) in [6.45, 7) is 1.97. The van der Waals surface area contributed by atoms with Crippen molar-refractivity contribution in [1.29, 1.82) is 0 Å². The van der Waals surface area contributed by atoms with Crippen molar-refractivity contribution in [1.82, 2.24) is 15.3 Å². The number of anilines is 1. The Morgan fingerprint density at radius 2 is 2.00 bits per heavy atom. The lowest BCUT2D eigenvalue weighted by Gasteiger charge is -2.08. The summed E-state index contributed by atoms with van der Waals surface area (Å²) < 4.78 is 0. The molecule has 0 aliphatic carbocycles. The second-order valence-electron chi connectivity index (χ2n) is 4.72. The molecule has 7 heteroatoms. The van der Waals surface area contributed by atoms with E-state index in [9.17, 15) is 14.4 Å². The molecule has 0 spiro atoms.